The lowest BCUT2D eigenvalue weighted by Crippen LogP contribution is -2.47. The minimum atomic E-state index is 0.128. The summed E-state index contributed by atoms with van der Waals surface area (Å²) < 4.78 is 1.96. The second-order valence-corrected chi connectivity index (χ2v) is 7.49. The quantitative estimate of drug-likeness (QED) is 0.831. The number of aromatic nitrogens is 3. The van der Waals surface area contributed by atoms with E-state index in [-0.39, 0.29) is 5.92 Å². The molecule has 2 aromatic rings. The standard InChI is InChI=1S/C17H23N5OS/c1-2-21-7-13(5-19-21)6-20-8-14-3-4-16(10-20)22(17(14)23)9-15-11-24-12-18-15/h5,7,11-12,14,16H,2-4,6,8-10H2,1H3/t14-,16+/m1/s1. The van der Waals surface area contributed by atoms with Crippen LogP contribution in [0.25, 0.3) is 0 Å². The van der Waals surface area contributed by atoms with Gasteiger partial charge in [-0.3, -0.25) is 14.4 Å². The Morgan fingerprint density at radius 3 is 2.96 bits per heavy atom. The van der Waals surface area contributed by atoms with Crippen LogP contribution in [0.15, 0.2) is 23.3 Å². The van der Waals surface area contributed by atoms with Crippen LogP contribution in [0.2, 0.25) is 0 Å². The fourth-order valence-corrected chi connectivity index (χ4v) is 4.43. The van der Waals surface area contributed by atoms with Gasteiger partial charge in [0, 0.05) is 49.4 Å². The smallest absolute Gasteiger partial charge is 0.227 e. The fourth-order valence-electron chi connectivity index (χ4n) is 3.88. The first-order valence-corrected chi connectivity index (χ1v) is 9.58. The summed E-state index contributed by atoms with van der Waals surface area (Å²) >= 11 is 1.59. The number of aryl methyl sites for hydroxylation is 1. The molecule has 3 fully saturated rings. The molecule has 5 heterocycles. The Morgan fingerprint density at radius 2 is 2.21 bits per heavy atom. The van der Waals surface area contributed by atoms with Crippen LogP contribution in [-0.4, -0.2) is 49.6 Å². The van der Waals surface area contributed by atoms with Gasteiger partial charge in [0.25, 0.3) is 0 Å². The first kappa shape index (κ1) is 15.8. The van der Waals surface area contributed by atoms with E-state index >= 15 is 0 Å². The number of fused-ring (bicyclic) bond motifs is 4. The summed E-state index contributed by atoms with van der Waals surface area (Å²) in [5.41, 5.74) is 4.08. The maximum Gasteiger partial charge on any atom is 0.227 e. The second-order valence-electron chi connectivity index (χ2n) is 6.77. The first-order chi connectivity index (χ1) is 11.7. The molecule has 0 aliphatic carbocycles. The van der Waals surface area contributed by atoms with Crippen molar-refractivity contribution in [3.63, 3.8) is 0 Å². The maximum absolute atomic E-state index is 12.8. The number of carbonyl (C=O) groups excluding carboxylic acids is 1. The molecule has 3 saturated heterocycles. The summed E-state index contributed by atoms with van der Waals surface area (Å²) in [5, 5.41) is 6.41. The number of rotatable bonds is 5. The lowest BCUT2D eigenvalue weighted by atomic mass is 9.94. The van der Waals surface area contributed by atoms with Crippen LogP contribution >= 0.6 is 11.3 Å². The van der Waals surface area contributed by atoms with Gasteiger partial charge in [0.2, 0.25) is 5.91 Å². The maximum atomic E-state index is 12.8. The number of carbonyl (C=O) groups is 1. The van der Waals surface area contributed by atoms with Gasteiger partial charge in [-0.15, -0.1) is 11.3 Å². The summed E-state index contributed by atoms with van der Waals surface area (Å²) in [6, 6.07) is 0.305. The predicted molar refractivity (Wildman–Crippen MR) is 92.4 cm³/mol. The monoisotopic (exact) mass is 345 g/mol. The SMILES string of the molecule is CCn1cc(CN2C[C@H]3CC[C@@H](C2)N(Cc2cscn2)C3=O)cn1. The molecule has 3 aliphatic heterocycles. The average molecular weight is 345 g/mol. The molecular weight excluding hydrogens is 322 g/mol. The van der Waals surface area contributed by atoms with Crippen LogP contribution < -0.4 is 0 Å². The van der Waals surface area contributed by atoms with Gasteiger partial charge in [-0.2, -0.15) is 5.10 Å². The Labute approximate surface area is 146 Å². The van der Waals surface area contributed by atoms with Gasteiger partial charge in [-0.05, 0) is 19.8 Å². The second kappa shape index (κ2) is 6.64. The molecule has 0 radical (unpaired) electrons. The molecule has 0 aromatic carbocycles. The highest BCUT2D eigenvalue weighted by Gasteiger charge is 2.40. The van der Waals surface area contributed by atoms with Gasteiger partial charge in [0.1, 0.15) is 0 Å². The van der Waals surface area contributed by atoms with Crippen LogP contribution in [0.4, 0.5) is 0 Å². The van der Waals surface area contributed by atoms with Gasteiger partial charge in [-0.25, -0.2) is 4.98 Å². The van der Waals surface area contributed by atoms with E-state index in [4.69, 9.17) is 0 Å². The zero-order chi connectivity index (χ0) is 16.5. The van der Waals surface area contributed by atoms with Crippen molar-refractivity contribution in [2.45, 2.75) is 45.4 Å². The van der Waals surface area contributed by atoms with Gasteiger partial charge < -0.3 is 4.90 Å². The van der Waals surface area contributed by atoms with E-state index < -0.39 is 0 Å². The number of amides is 1. The summed E-state index contributed by atoms with van der Waals surface area (Å²) in [6.07, 6.45) is 6.18. The van der Waals surface area contributed by atoms with E-state index in [1.54, 1.807) is 11.3 Å². The predicted octanol–water partition coefficient (Wildman–Crippen LogP) is 1.98. The van der Waals surface area contributed by atoms with E-state index in [0.29, 0.717) is 18.5 Å². The third kappa shape index (κ3) is 3.10. The van der Waals surface area contributed by atoms with Crippen LogP contribution in [0.3, 0.4) is 0 Å². The van der Waals surface area contributed by atoms with E-state index in [9.17, 15) is 4.79 Å². The van der Waals surface area contributed by atoms with E-state index in [1.807, 2.05) is 21.8 Å². The Bertz CT molecular complexity index is 698. The van der Waals surface area contributed by atoms with Gasteiger partial charge in [-0.1, -0.05) is 0 Å². The van der Waals surface area contributed by atoms with Gasteiger partial charge in [0.05, 0.1) is 29.9 Å². The van der Waals surface area contributed by atoms with Crippen LogP contribution in [0, 0.1) is 5.92 Å². The topological polar surface area (TPSA) is 54.3 Å². The summed E-state index contributed by atoms with van der Waals surface area (Å²) in [5.74, 6) is 0.439. The molecule has 0 saturated carbocycles. The van der Waals surface area contributed by atoms with Crippen LogP contribution in [0.5, 0.6) is 0 Å². The van der Waals surface area contributed by atoms with Gasteiger partial charge >= 0.3 is 0 Å². The van der Waals surface area contributed by atoms with Crippen molar-refractivity contribution in [3.05, 3.63) is 34.5 Å². The molecule has 7 heteroatoms. The van der Waals surface area contributed by atoms with Crippen LogP contribution in [-0.2, 0) is 24.4 Å². The average Bonchev–Trinajstić information content (AvgIpc) is 3.18. The molecule has 0 N–H and O–H groups in total. The molecule has 5 rings (SSSR count). The largest absolute Gasteiger partial charge is 0.332 e. The molecule has 6 nitrogen and oxygen atoms in total. The Kier molecular flexibility index (Phi) is 4.37. The van der Waals surface area contributed by atoms with E-state index in [2.05, 4.69) is 33.0 Å². The molecule has 1 amide bonds. The molecule has 2 bridgehead atoms. The van der Waals surface area contributed by atoms with Crippen LogP contribution in [0.1, 0.15) is 31.0 Å². The number of piperidine rings is 1. The van der Waals surface area contributed by atoms with Crippen molar-refractivity contribution in [3.8, 4) is 0 Å². The molecule has 2 atom stereocenters. The third-order valence-electron chi connectivity index (χ3n) is 5.10. The van der Waals surface area contributed by atoms with Gasteiger partial charge in [0.15, 0.2) is 0 Å². The van der Waals surface area contributed by atoms with Crippen molar-refractivity contribution in [2.24, 2.45) is 5.92 Å². The highest BCUT2D eigenvalue weighted by atomic mass is 32.1. The van der Waals surface area contributed by atoms with Crippen molar-refractivity contribution in [1.29, 1.82) is 0 Å². The van der Waals surface area contributed by atoms with E-state index in [1.165, 1.54) is 5.56 Å². The van der Waals surface area contributed by atoms with Crippen molar-refractivity contribution < 1.29 is 4.79 Å². The summed E-state index contributed by atoms with van der Waals surface area (Å²) in [4.78, 5) is 21.7. The minimum absolute atomic E-state index is 0.128. The molecule has 24 heavy (non-hydrogen) atoms. The Hall–Kier alpha value is -1.73. The zero-order valence-corrected chi connectivity index (χ0v) is 14.8. The van der Waals surface area contributed by atoms with Crippen molar-refractivity contribution >= 4 is 17.2 Å². The minimum Gasteiger partial charge on any atom is -0.332 e. The fraction of sp³-hybridized carbons (Fsp3) is 0.588. The summed E-state index contributed by atoms with van der Waals surface area (Å²) in [6.45, 7) is 6.34. The number of hydrogen-bond acceptors (Lipinski definition) is 5. The molecule has 128 valence electrons. The highest BCUT2D eigenvalue weighted by Crippen LogP contribution is 2.31. The summed E-state index contributed by atoms with van der Waals surface area (Å²) in [7, 11) is 0. The number of nitrogens with zero attached hydrogens (tertiary/aromatic N) is 5. The molecule has 0 spiro atoms. The molecule has 2 aromatic heterocycles. The lowest BCUT2D eigenvalue weighted by molar-refractivity contribution is -0.140. The van der Waals surface area contributed by atoms with Crippen molar-refractivity contribution in [2.75, 3.05) is 13.1 Å². The first-order valence-electron chi connectivity index (χ1n) is 8.64. The lowest BCUT2D eigenvalue weighted by Gasteiger charge is -2.35. The normalized spacial score (nSPS) is 24.5. The Balaban J connectivity index is 1.48. The number of thiazole rings is 1. The Morgan fingerprint density at radius 1 is 1.29 bits per heavy atom. The highest BCUT2D eigenvalue weighted by molar-refractivity contribution is 7.07. The molecule has 3 aliphatic rings. The van der Waals surface area contributed by atoms with Crippen molar-refractivity contribution in [1.82, 2.24) is 24.6 Å². The third-order valence-corrected chi connectivity index (χ3v) is 5.74. The van der Waals surface area contributed by atoms with E-state index in [0.717, 1.165) is 44.7 Å². The molecular formula is C17H23N5OS. The molecule has 0 unspecified atom stereocenters. The zero-order valence-electron chi connectivity index (χ0n) is 14.0. The number of hydrogen-bond donors (Lipinski definition) is 0.